The lowest BCUT2D eigenvalue weighted by Gasteiger charge is -2.58. The Morgan fingerprint density at radius 3 is 2.69 bits per heavy atom. The fourth-order valence-electron chi connectivity index (χ4n) is 6.77. The summed E-state index contributed by atoms with van der Waals surface area (Å²) in [5, 5.41) is 0. The van der Waals surface area contributed by atoms with Crippen LogP contribution in [0.3, 0.4) is 0 Å². The third-order valence-corrected chi connectivity index (χ3v) is 8.23. The molecule has 0 bridgehead atoms. The van der Waals surface area contributed by atoms with Gasteiger partial charge in [0.05, 0.1) is 12.7 Å². The first-order valence-electron chi connectivity index (χ1n) is 10.2. The van der Waals surface area contributed by atoms with E-state index in [1.54, 1.807) is 0 Å². The van der Waals surface area contributed by atoms with Crippen molar-refractivity contribution in [3.05, 3.63) is 11.6 Å². The van der Waals surface area contributed by atoms with Gasteiger partial charge in [-0.2, -0.15) is 0 Å². The van der Waals surface area contributed by atoms with Crippen LogP contribution in [0.2, 0.25) is 0 Å². The molecule has 26 heavy (non-hydrogen) atoms. The third-order valence-electron chi connectivity index (χ3n) is 8.23. The molecule has 0 radical (unpaired) electrons. The Labute approximate surface area is 156 Å². The summed E-state index contributed by atoms with van der Waals surface area (Å²) in [5.74, 6) is 4.91. The number of carbonyl (C=O) groups excluding carboxylic acids is 2. The number of rotatable bonds is 3. The third kappa shape index (κ3) is 2.53. The zero-order valence-corrected chi connectivity index (χ0v) is 16.1. The summed E-state index contributed by atoms with van der Waals surface area (Å²) < 4.78 is 6.22. The van der Waals surface area contributed by atoms with Crippen LogP contribution in [0, 0.1) is 40.9 Å². The molecule has 6 unspecified atom stereocenters. The van der Waals surface area contributed by atoms with Gasteiger partial charge in [-0.05, 0) is 66.9 Å². The zero-order valence-electron chi connectivity index (χ0n) is 16.1. The van der Waals surface area contributed by atoms with Gasteiger partial charge in [-0.15, -0.1) is 12.3 Å². The Morgan fingerprint density at radius 1 is 1.15 bits per heavy atom. The summed E-state index contributed by atoms with van der Waals surface area (Å²) in [6.45, 7) is 5.09. The summed E-state index contributed by atoms with van der Waals surface area (Å²) in [4.78, 5) is 24.8. The number of carbonyl (C=O) groups is 2. The van der Waals surface area contributed by atoms with Crippen molar-refractivity contribution in [2.45, 2.75) is 71.3 Å². The highest BCUT2D eigenvalue weighted by molar-refractivity contribution is 5.92. The Balaban J connectivity index is 1.69. The molecule has 0 spiro atoms. The molecular formula is C23H30O3. The van der Waals surface area contributed by atoms with Crippen molar-refractivity contribution in [1.82, 2.24) is 0 Å². The molecule has 0 heterocycles. The van der Waals surface area contributed by atoms with E-state index in [2.05, 4.69) is 19.8 Å². The predicted molar refractivity (Wildman–Crippen MR) is 100 cm³/mol. The molecule has 6 atom stereocenters. The van der Waals surface area contributed by atoms with Gasteiger partial charge in [-0.3, -0.25) is 9.59 Å². The van der Waals surface area contributed by atoms with Crippen molar-refractivity contribution in [2.24, 2.45) is 28.6 Å². The van der Waals surface area contributed by atoms with Gasteiger partial charge in [0.2, 0.25) is 0 Å². The second-order valence-electron chi connectivity index (χ2n) is 9.33. The molecule has 3 fully saturated rings. The molecule has 0 aromatic heterocycles. The topological polar surface area (TPSA) is 43.4 Å². The van der Waals surface area contributed by atoms with Crippen LogP contribution in [0.25, 0.3) is 0 Å². The summed E-state index contributed by atoms with van der Waals surface area (Å²) in [6.07, 6.45) is 14.2. The van der Waals surface area contributed by atoms with Gasteiger partial charge < -0.3 is 4.74 Å². The van der Waals surface area contributed by atoms with Crippen LogP contribution in [0.5, 0.6) is 0 Å². The number of ether oxygens (including phenoxy) is 1. The lowest BCUT2D eigenvalue weighted by Crippen LogP contribution is -2.54. The van der Waals surface area contributed by atoms with E-state index in [0.717, 1.165) is 38.5 Å². The molecule has 4 rings (SSSR count). The quantitative estimate of drug-likeness (QED) is 0.566. The summed E-state index contributed by atoms with van der Waals surface area (Å²) in [5.41, 5.74) is 1.11. The molecule has 3 saturated carbocycles. The SMILES string of the molecule is C#CCCOC1CC2C3CCC(=O)C3(C)CCC2C2(C)CCC(=O)C=C12. The molecule has 4 aliphatic rings. The Bertz CT molecular complexity index is 699. The average molecular weight is 354 g/mol. The zero-order chi connectivity index (χ0) is 18.5. The largest absolute Gasteiger partial charge is 0.373 e. The van der Waals surface area contributed by atoms with Crippen LogP contribution in [0.1, 0.15) is 65.2 Å². The first-order valence-corrected chi connectivity index (χ1v) is 10.2. The molecule has 3 nitrogen and oxygen atoms in total. The van der Waals surface area contributed by atoms with Crippen LogP contribution < -0.4 is 0 Å². The highest BCUT2D eigenvalue weighted by atomic mass is 16.5. The van der Waals surface area contributed by atoms with Crippen LogP contribution in [-0.4, -0.2) is 24.3 Å². The molecule has 4 aliphatic carbocycles. The van der Waals surface area contributed by atoms with Crippen molar-refractivity contribution >= 4 is 11.6 Å². The first kappa shape index (κ1) is 18.0. The molecule has 140 valence electrons. The maximum Gasteiger partial charge on any atom is 0.155 e. The van der Waals surface area contributed by atoms with Gasteiger partial charge >= 0.3 is 0 Å². The number of hydrogen-bond donors (Lipinski definition) is 0. The fraction of sp³-hybridized carbons (Fsp3) is 0.739. The summed E-state index contributed by atoms with van der Waals surface area (Å²) in [7, 11) is 0. The Kier molecular flexibility index (Phi) is 4.39. The van der Waals surface area contributed by atoms with E-state index >= 15 is 0 Å². The van der Waals surface area contributed by atoms with Gasteiger partial charge in [-0.1, -0.05) is 13.8 Å². The van der Waals surface area contributed by atoms with Gasteiger partial charge in [0, 0.05) is 24.7 Å². The number of fused-ring (bicyclic) bond motifs is 5. The van der Waals surface area contributed by atoms with Crippen molar-refractivity contribution < 1.29 is 14.3 Å². The van der Waals surface area contributed by atoms with E-state index in [4.69, 9.17) is 11.2 Å². The van der Waals surface area contributed by atoms with Gasteiger partial charge in [-0.25, -0.2) is 0 Å². The normalized spacial score (nSPS) is 44.6. The standard InChI is InChI=1S/C23H30O3/c1-4-5-12-26-20-14-16-17-6-7-21(25)23(17,3)11-9-18(16)22(2)10-8-15(24)13-19(20)22/h1,13,16-18,20H,5-12,14H2,2-3H3. The molecule has 0 aromatic rings. The van der Waals surface area contributed by atoms with E-state index in [0.29, 0.717) is 43.0 Å². The highest BCUT2D eigenvalue weighted by Gasteiger charge is 2.60. The average Bonchev–Trinajstić information content (AvgIpc) is 2.92. The molecule has 3 heteroatoms. The van der Waals surface area contributed by atoms with E-state index in [1.807, 2.05) is 6.08 Å². The van der Waals surface area contributed by atoms with Crippen molar-refractivity contribution in [1.29, 1.82) is 0 Å². The lowest BCUT2D eigenvalue weighted by molar-refractivity contribution is -0.135. The van der Waals surface area contributed by atoms with Crippen LogP contribution in [0.15, 0.2) is 11.6 Å². The second-order valence-corrected chi connectivity index (χ2v) is 9.33. The summed E-state index contributed by atoms with van der Waals surface area (Å²) in [6, 6.07) is 0. The van der Waals surface area contributed by atoms with Crippen LogP contribution >= 0.6 is 0 Å². The second kappa shape index (κ2) is 6.34. The molecule has 0 N–H and O–H groups in total. The summed E-state index contributed by atoms with van der Waals surface area (Å²) >= 11 is 0. The number of ketones is 2. The van der Waals surface area contributed by atoms with Crippen molar-refractivity contribution in [3.63, 3.8) is 0 Å². The van der Waals surface area contributed by atoms with E-state index in [-0.39, 0.29) is 22.7 Å². The molecule has 0 saturated heterocycles. The van der Waals surface area contributed by atoms with Crippen LogP contribution in [0.4, 0.5) is 0 Å². The maximum absolute atomic E-state index is 12.6. The minimum atomic E-state index is -0.132. The minimum Gasteiger partial charge on any atom is -0.373 e. The fourth-order valence-corrected chi connectivity index (χ4v) is 6.77. The number of Topliss-reactive ketones (excluding diaryl/α,β-unsaturated/α-hetero) is 1. The van der Waals surface area contributed by atoms with Gasteiger partial charge in [0.25, 0.3) is 0 Å². The predicted octanol–water partition coefficient (Wildman–Crippen LogP) is 4.11. The number of terminal acetylenes is 1. The highest BCUT2D eigenvalue weighted by Crippen LogP contribution is 2.64. The molecule has 0 aromatic carbocycles. The van der Waals surface area contributed by atoms with E-state index in [9.17, 15) is 9.59 Å². The van der Waals surface area contributed by atoms with E-state index in [1.165, 1.54) is 5.57 Å². The maximum atomic E-state index is 12.6. The monoisotopic (exact) mass is 354 g/mol. The van der Waals surface area contributed by atoms with Crippen molar-refractivity contribution in [2.75, 3.05) is 6.61 Å². The van der Waals surface area contributed by atoms with E-state index < -0.39 is 0 Å². The smallest absolute Gasteiger partial charge is 0.155 e. The lowest BCUT2D eigenvalue weighted by atomic mass is 9.47. The molecular weight excluding hydrogens is 324 g/mol. The minimum absolute atomic E-state index is 0.0168. The van der Waals surface area contributed by atoms with Gasteiger partial charge in [0.1, 0.15) is 5.78 Å². The molecule has 0 aliphatic heterocycles. The Morgan fingerprint density at radius 2 is 1.92 bits per heavy atom. The molecule has 0 amide bonds. The van der Waals surface area contributed by atoms with Gasteiger partial charge in [0.15, 0.2) is 5.78 Å². The van der Waals surface area contributed by atoms with Crippen LogP contribution in [-0.2, 0) is 14.3 Å². The van der Waals surface area contributed by atoms with Crippen molar-refractivity contribution in [3.8, 4) is 12.3 Å². The number of hydrogen-bond acceptors (Lipinski definition) is 3. The Hall–Kier alpha value is -1.40. The first-order chi connectivity index (χ1) is 12.4.